The van der Waals surface area contributed by atoms with Gasteiger partial charge in [-0.25, -0.2) is 4.98 Å². The van der Waals surface area contributed by atoms with Crippen LogP contribution in [-0.2, 0) is 13.6 Å². The number of amides is 1. The molecule has 1 amide bonds. The summed E-state index contributed by atoms with van der Waals surface area (Å²) in [5.74, 6) is 2.07. The van der Waals surface area contributed by atoms with E-state index >= 15 is 0 Å². The number of nitrogens with one attached hydrogen (secondary N) is 1. The third-order valence-corrected chi connectivity index (χ3v) is 4.59. The Morgan fingerprint density at radius 2 is 1.96 bits per heavy atom. The van der Waals surface area contributed by atoms with Crippen LogP contribution >= 0.6 is 0 Å². The van der Waals surface area contributed by atoms with Crippen LogP contribution in [0.2, 0.25) is 0 Å². The van der Waals surface area contributed by atoms with Crippen LogP contribution in [0.25, 0.3) is 11.4 Å². The molecule has 1 N–H and O–H groups in total. The molecule has 1 heterocycles. The fourth-order valence-electron chi connectivity index (χ4n) is 2.80. The van der Waals surface area contributed by atoms with Crippen molar-refractivity contribution in [3.05, 3.63) is 66.0 Å². The molecule has 2 aromatic carbocycles. The van der Waals surface area contributed by atoms with Crippen LogP contribution in [0.3, 0.4) is 0 Å². The molecule has 138 valence electrons. The lowest BCUT2D eigenvalue weighted by molar-refractivity contribution is 0.0950. The number of benzene rings is 2. The van der Waals surface area contributed by atoms with Crippen molar-refractivity contribution in [2.75, 3.05) is 6.61 Å². The Labute approximate surface area is 158 Å². The molecular formula is C21H22N4O2. The SMILES string of the molecule is Cn1cnc(-c2ccc(C(=O)NCc3ccccc3OCC3CC3)cc2)n1. The van der Waals surface area contributed by atoms with Gasteiger partial charge in [0.15, 0.2) is 5.82 Å². The van der Waals surface area contributed by atoms with Gasteiger partial charge in [-0.05, 0) is 37.0 Å². The Hall–Kier alpha value is -3.15. The summed E-state index contributed by atoms with van der Waals surface area (Å²) in [7, 11) is 1.82. The fourth-order valence-corrected chi connectivity index (χ4v) is 2.80. The largest absolute Gasteiger partial charge is 0.493 e. The quantitative estimate of drug-likeness (QED) is 0.701. The maximum Gasteiger partial charge on any atom is 0.251 e. The molecule has 3 aromatic rings. The second-order valence-electron chi connectivity index (χ2n) is 6.86. The van der Waals surface area contributed by atoms with Gasteiger partial charge in [-0.15, -0.1) is 0 Å². The van der Waals surface area contributed by atoms with Gasteiger partial charge in [0.2, 0.25) is 0 Å². The minimum absolute atomic E-state index is 0.118. The Morgan fingerprint density at radius 3 is 2.67 bits per heavy atom. The van der Waals surface area contributed by atoms with E-state index in [-0.39, 0.29) is 5.91 Å². The number of hydrogen-bond donors (Lipinski definition) is 1. The summed E-state index contributed by atoms with van der Waals surface area (Å²) in [5, 5.41) is 7.23. The van der Waals surface area contributed by atoms with Gasteiger partial charge in [0, 0.05) is 30.3 Å². The van der Waals surface area contributed by atoms with Crippen molar-refractivity contribution in [2.45, 2.75) is 19.4 Å². The molecule has 0 aliphatic heterocycles. The summed E-state index contributed by atoms with van der Waals surface area (Å²) >= 11 is 0. The number of aromatic nitrogens is 3. The van der Waals surface area contributed by atoms with Crippen molar-refractivity contribution >= 4 is 5.91 Å². The zero-order valence-electron chi connectivity index (χ0n) is 15.3. The number of carbonyl (C=O) groups excluding carboxylic acids is 1. The number of nitrogens with zero attached hydrogens (tertiary/aromatic N) is 3. The number of para-hydroxylation sites is 1. The molecule has 1 fully saturated rings. The second kappa shape index (κ2) is 7.61. The van der Waals surface area contributed by atoms with Crippen molar-refractivity contribution in [1.82, 2.24) is 20.1 Å². The average Bonchev–Trinajstić information content (AvgIpc) is 3.44. The van der Waals surface area contributed by atoms with Gasteiger partial charge >= 0.3 is 0 Å². The van der Waals surface area contributed by atoms with Crippen molar-refractivity contribution in [3.63, 3.8) is 0 Å². The lowest BCUT2D eigenvalue weighted by Gasteiger charge is -2.12. The molecule has 0 atom stereocenters. The van der Waals surface area contributed by atoms with E-state index in [1.54, 1.807) is 23.1 Å². The van der Waals surface area contributed by atoms with Crippen LogP contribution in [0, 0.1) is 5.92 Å². The highest BCUT2D eigenvalue weighted by molar-refractivity contribution is 5.94. The monoisotopic (exact) mass is 362 g/mol. The number of aryl methyl sites for hydroxylation is 1. The van der Waals surface area contributed by atoms with Gasteiger partial charge in [-0.3, -0.25) is 9.48 Å². The summed E-state index contributed by atoms with van der Waals surface area (Å²) in [4.78, 5) is 16.7. The van der Waals surface area contributed by atoms with Gasteiger partial charge < -0.3 is 10.1 Å². The summed E-state index contributed by atoms with van der Waals surface area (Å²) in [6.07, 6.45) is 4.16. The van der Waals surface area contributed by atoms with Crippen LogP contribution in [0.5, 0.6) is 5.75 Å². The smallest absolute Gasteiger partial charge is 0.251 e. The standard InChI is InChI=1S/C21H22N4O2/c1-25-14-23-20(24-25)16-8-10-17(11-9-16)21(26)22-12-18-4-2-3-5-19(18)27-13-15-6-7-15/h2-5,8-11,14-15H,6-7,12-13H2,1H3,(H,22,26). The molecule has 1 saturated carbocycles. The summed E-state index contributed by atoms with van der Waals surface area (Å²) in [5.41, 5.74) is 2.47. The Morgan fingerprint density at radius 1 is 1.19 bits per heavy atom. The minimum Gasteiger partial charge on any atom is -0.493 e. The second-order valence-corrected chi connectivity index (χ2v) is 6.86. The first kappa shape index (κ1) is 17.3. The predicted molar refractivity (Wildman–Crippen MR) is 102 cm³/mol. The highest BCUT2D eigenvalue weighted by atomic mass is 16.5. The zero-order chi connectivity index (χ0) is 18.6. The molecule has 4 rings (SSSR count). The first-order chi connectivity index (χ1) is 13.2. The topological polar surface area (TPSA) is 69.0 Å². The molecule has 6 heteroatoms. The van der Waals surface area contributed by atoms with E-state index in [1.165, 1.54) is 12.8 Å². The summed E-state index contributed by atoms with van der Waals surface area (Å²) < 4.78 is 7.55. The van der Waals surface area contributed by atoms with Crippen LogP contribution in [-0.4, -0.2) is 27.3 Å². The van der Waals surface area contributed by atoms with E-state index in [9.17, 15) is 4.79 Å². The maximum atomic E-state index is 12.5. The normalized spacial score (nSPS) is 13.4. The third-order valence-electron chi connectivity index (χ3n) is 4.59. The minimum atomic E-state index is -0.118. The molecule has 0 saturated heterocycles. The van der Waals surface area contributed by atoms with E-state index in [0.29, 0.717) is 23.9 Å². The first-order valence-corrected chi connectivity index (χ1v) is 9.14. The van der Waals surface area contributed by atoms with E-state index in [2.05, 4.69) is 15.4 Å². The van der Waals surface area contributed by atoms with Crippen molar-refractivity contribution in [2.24, 2.45) is 13.0 Å². The predicted octanol–water partition coefficient (Wildman–Crippen LogP) is 3.20. The Balaban J connectivity index is 1.38. The first-order valence-electron chi connectivity index (χ1n) is 9.14. The maximum absolute atomic E-state index is 12.5. The molecule has 0 bridgehead atoms. The molecule has 27 heavy (non-hydrogen) atoms. The fraction of sp³-hybridized carbons (Fsp3) is 0.286. The number of rotatable bonds is 7. The highest BCUT2D eigenvalue weighted by Gasteiger charge is 2.22. The van der Waals surface area contributed by atoms with Crippen LogP contribution in [0.15, 0.2) is 54.9 Å². The number of hydrogen-bond acceptors (Lipinski definition) is 4. The third kappa shape index (κ3) is 4.34. The van der Waals surface area contributed by atoms with E-state index in [1.807, 2.05) is 43.4 Å². The lowest BCUT2D eigenvalue weighted by atomic mass is 10.1. The number of ether oxygens (including phenoxy) is 1. The molecule has 1 aliphatic carbocycles. The summed E-state index contributed by atoms with van der Waals surface area (Å²) in [6.45, 7) is 1.19. The number of carbonyl (C=O) groups is 1. The Kier molecular flexibility index (Phi) is 4.87. The molecular weight excluding hydrogens is 340 g/mol. The van der Waals surface area contributed by atoms with Gasteiger partial charge in [-0.1, -0.05) is 30.3 Å². The molecule has 1 aromatic heterocycles. The van der Waals surface area contributed by atoms with Crippen molar-refractivity contribution in [3.8, 4) is 17.1 Å². The van der Waals surface area contributed by atoms with Gasteiger partial charge in [0.25, 0.3) is 5.91 Å². The molecule has 6 nitrogen and oxygen atoms in total. The molecule has 0 radical (unpaired) electrons. The zero-order valence-corrected chi connectivity index (χ0v) is 15.3. The van der Waals surface area contributed by atoms with E-state index in [4.69, 9.17) is 4.74 Å². The summed E-state index contributed by atoms with van der Waals surface area (Å²) in [6, 6.07) is 15.1. The van der Waals surface area contributed by atoms with Gasteiger partial charge in [0.1, 0.15) is 12.1 Å². The van der Waals surface area contributed by atoms with Gasteiger partial charge in [0.05, 0.1) is 6.61 Å². The van der Waals surface area contributed by atoms with Crippen molar-refractivity contribution < 1.29 is 9.53 Å². The van der Waals surface area contributed by atoms with Crippen LogP contribution < -0.4 is 10.1 Å². The van der Waals surface area contributed by atoms with Crippen molar-refractivity contribution in [1.29, 1.82) is 0 Å². The van der Waals surface area contributed by atoms with Crippen LogP contribution in [0.4, 0.5) is 0 Å². The van der Waals surface area contributed by atoms with E-state index < -0.39 is 0 Å². The van der Waals surface area contributed by atoms with Gasteiger partial charge in [-0.2, -0.15) is 5.10 Å². The van der Waals surface area contributed by atoms with Crippen LogP contribution in [0.1, 0.15) is 28.8 Å². The molecule has 0 unspecified atom stereocenters. The molecule has 1 aliphatic rings. The average molecular weight is 362 g/mol. The Bertz CT molecular complexity index is 929. The molecule has 0 spiro atoms. The lowest BCUT2D eigenvalue weighted by Crippen LogP contribution is -2.23. The van der Waals surface area contributed by atoms with E-state index in [0.717, 1.165) is 23.5 Å². The highest BCUT2D eigenvalue weighted by Crippen LogP contribution is 2.30.